The summed E-state index contributed by atoms with van der Waals surface area (Å²) in [4.78, 5) is 38.9. The smallest absolute Gasteiger partial charge is 0.338 e. The maximum atomic E-state index is 13.0. The molecule has 1 aliphatic rings. The van der Waals surface area contributed by atoms with E-state index in [4.69, 9.17) is 9.15 Å². The number of carbonyl (C=O) groups is 3. The fourth-order valence-electron chi connectivity index (χ4n) is 3.89. The van der Waals surface area contributed by atoms with Crippen LogP contribution in [0.5, 0.6) is 0 Å². The Bertz CT molecular complexity index is 1460. The number of benzene rings is 2. The van der Waals surface area contributed by atoms with E-state index in [-0.39, 0.29) is 29.9 Å². The van der Waals surface area contributed by atoms with Crippen molar-refractivity contribution in [3.05, 3.63) is 100 Å². The Morgan fingerprint density at radius 2 is 1.86 bits per heavy atom. The Balaban J connectivity index is 1.57. The maximum absolute atomic E-state index is 13.0. The molecule has 3 aromatic rings. The van der Waals surface area contributed by atoms with Crippen molar-refractivity contribution < 1.29 is 28.6 Å². The Kier molecular flexibility index (Phi) is 7.47. The number of hydrogen-bond acceptors (Lipinski definition) is 7. The second-order valence-electron chi connectivity index (χ2n) is 8.58. The van der Waals surface area contributed by atoms with E-state index in [2.05, 4.69) is 0 Å². The second-order valence-corrected chi connectivity index (χ2v) is 8.58. The van der Waals surface area contributed by atoms with E-state index >= 15 is 0 Å². The summed E-state index contributed by atoms with van der Waals surface area (Å²) in [5.74, 6) is -1.06. The summed E-state index contributed by atoms with van der Waals surface area (Å²) in [5, 5.41) is 19.2. The van der Waals surface area contributed by atoms with E-state index in [1.54, 1.807) is 36.4 Å². The number of furan rings is 1. The van der Waals surface area contributed by atoms with Crippen LogP contribution in [-0.4, -0.2) is 40.4 Å². The molecule has 0 aliphatic carbocycles. The number of aliphatic hydroxyl groups excluding tert-OH is 1. The third-order valence-electron chi connectivity index (χ3n) is 5.78. The molecule has 0 saturated carbocycles. The Morgan fingerprint density at radius 3 is 2.57 bits per heavy atom. The van der Waals surface area contributed by atoms with Crippen LogP contribution >= 0.6 is 0 Å². The number of amides is 2. The topological polar surface area (TPSA) is 121 Å². The van der Waals surface area contributed by atoms with Crippen molar-refractivity contribution in [2.24, 2.45) is 0 Å². The largest absolute Gasteiger partial charge is 0.457 e. The second kappa shape index (κ2) is 10.9. The Labute approximate surface area is 213 Å². The number of hydrogen-bond donors (Lipinski definition) is 1. The van der Waals surface area contributed by atoms with Gasteiger partial charge in [-0.3, -0.25) is 14.5 Å². The fourth-order valence-corrected chi connectivity index (χ4v) is 3.89. The number of esters is 1. The number of nitriles is 1. The first-order valence-corrected chi connectivity index (χ1v) is 11.6. The molecule has 0 fully saturated rings. The van der Waals surface area contributed by atoms with Crippen LogP contribution in [0, 0.1) is 11.3 Å². The number of ether oxygens (including phenoxy) is 1. The average molecular weight is 497 g/mol. The van der Waals surface area contributed by atoms with Gasteiger partial charge in [0.1, 0.15) is 29.8 Å². The van der Waals surface area contributed by atoms with Crippen LogP contribution in [-0.2, 0) is 20.9 Å². The van der Waals surface area contributed by atoms with Crippen LogP contribution in [0.3, 0.4) is 0 Å². The van der Waals surface area contributed by atoms with Gasteiger partial charge in [-0.15, -0.1) is 0 Å². The van der Waals surface area contributed by atoms with Crippen molar-refractivity contribution in [1.82, 2.24) is 4.90 Å². The van der Waals surface area contributed by atoms with Gasteiger partial charge < -0.3 is 14.3 Å². The molecule has 2 amide bonds. The minimum absolute atomic E-state index is 0.121. The first-order valence-electron chi connectivity index (χ1n) is 11.6. The van der Waals surface area contributed by atoms with Crippen LogP contribution in [0.25, 0.3) is 17.4 Å². The van der Waals surface area contributed by atoms with Crippen LogP contribution in [0.4, 0.5) is 0 Å². The molecule has 1 N–H and O–H groups in total. The maximum Gasteiger partial charge on any atom is 0.338 e. The first kappa shape index (κ1) is 25.4. The standard InChI is InChI=1S/C29H24N2O6/c1-18(32)16-31-27(33)24(19(2)25(15-30)28(31)34)14-23-11-12-26(37-23)21-9-6-10-22(13-21)29(35)36-17-20-7-4-3-5-8-20/h3-14,18,32H,16-17H2,1-2H3/b24-14+. The third-order valence-corrected chi connectivity index (χ3v) is 5.78. The Morgan fingerprint density at radius 1 is 1.11 bits per heavy atom. The zero-order valence-corrected chi connectivity index (χ0v) is 20.3. The van der Waals surface area contributed by atoms with Gasteiger partial charge in [-0.25, -0.2) is 4.79 Å². The summed E-state index contributed by atoms with van der Waals surface area (Å²) in [5.41, 5.74) is 2.06. The lowest BCUT2D eigenvalue weighted by Gasteiger charge is -2.28. The van der Waals surface area contributed by atoms with Crippen molar-refractivity contribution in [2.75, 3.05) is 6.54 Å². The van der Waals surface area contributed by atoms with Crippen LogP contribution < -0.4 is 0 Å². The van der Waals surface area contributed by atoms with Gasteiger partial charge in [-0.1, -0.05) is 42.5 Å². The quantitative estimate of drug-likeness (QED) is 0.294. The number of rotatable bonds is 7. The van der Waals surface area contributed by atoms with Gasteiger partial charge in [0.15, 0.2) is 0 Å². The number of aliphatic hydroxyl groups is 1. The van der Waals surface area contributed by atoms with Gasteiger partial charge in [-0.05, 0) is 55.3 Å². The predicted octanol–water partition coefficient (Wildman–Crippen LogP) is 4.28. The van der Waals surface area contributed by atoms with Gasteiger partial charge in [0.05, 0.1) is 18.2 Å². The molecule has 2 heterocycles. The first-order chi connectivity index (χ1) is 17.8. The van der Waals surface area contributed by atoms with E-state index in [0.717, 1.165) is 10.5 Å². The highest BCUT2D eigenvalue weighted by Gasteiger charge is 2.36. The van der Waals surface area contributed by atoms with Crippen molar-refractivity contribution in [3.63, 3.8) is 0 Å². The van der Waals surface area contributed by atoms with Crippen molar-refractivity contribution >= 4 is 23.9 Å². The highest BCUT2D eigenvalue weighted by molar-refractivity contribution is 6.19. The lowest BCUT2D eigenvalue weighted by molar-refractivity contribution is -0.141. The third kappa shape index (κ3) is 5.58. The van der Waals surface area contributed by atoms with Gasteiger partial charge in [0, 0.05) is 11.1 Å². The molecular weight excluding hydrogens is 472 g/mol. The Hall–Kier alpha value is -4.74. The molecular formula is C29H24N2O6. The van der Waals surface area contributed by atoms with Crippen LogP contribution in [0.2, 0.25) is 0 Å². The molecule has 0 spiro atoms. The molecule has 0 saturated heterocycles. The summed E-state index contributed by atoms with van der Waals surface area (Å²) in [6.07, 6.45) is 0.507. The van der Waals surface area contributed by atoms with E-state index in [0.29, 0.717) is 22.6 Å². The molecule has 2 aromatic carbocycles. The minimum atomic E-state index is -0.950. The van der Waals surface area contributed by atoms with Gasteiger partial charge >= 0.3 is 5.97 Å². The monoisotopic (exact) mass is 496 g/mol. The number of nitrogens with zero attached hydrogens (tertiary/aromatic N) is 2. The molecule has 0 radical (unpaired) electrons. The van der Waals surface area contributed by atoms with Gasteiger partial charge in [0.2, 0.25) is 0 Å². The van der Waals surface area contributed by atoms with Gasteiger partial charge in [-0.2, -0.15) is 5.26 Å². The molecule has 8 nitrogen and oxygen atoms in total. The summed E-state index contributed by atoms with van der Waals surface area (Å²) in [7, 11) is 0. The average Bonchev–Trinajstić information content (AvgIpc) is 3.37. The summed E-state index contributed by atoms with van der Waals surface area (Å²) in [6, 6.07) is 21.3. The predicted molar refractivity (Wildman–Crippen MR) is 134 cm³/mol. The molecule has 1 aliphatic heterocycles. The van der Waals surface area contributed by atoms with Crippen molar-refractivity contribution in [3.8, 4) is 17.4 Å². The summed E-state index contributed by atoms with van der Waals surface area (Å²) >= 11 is 0. The zero-order chi connectivity index (χ0) is 26.5. The van der Waals surface area contributed by atoms with Crippen molar-refractivity contribution in [2.45, 2.75) is 26.6 Å². The molecule has 1 unspecified atom stereocenters. The number of imide groups is 1. The number of carbonyl (C=O) groups excluding carboxylic acids is 3. The van der Waals surface area contributed by atoms with E-state index < -0.39 is 23.9 Å². The SMILES string of the molecule is CC1=C(C#N)C(=O)N(CC(C)O)C(=O)/C1=C/c1ccc(-c2cccc(C(=O)OCc3ccccc3)c2)o1. The lowest BCUT2D eigenvalue weighted by atomic mass is 9.94. The summed E-state index contributed by atoms with van der Waals surface area (Å²) in [6.45, 7) is 2.90. The van der Waals surface area contributed by atoms with E-state index in [1.807, 2.05) is 36.4 Å². The molecule has 1 aromatic heterocycles. The summed E-state index contributed by atoms with van der Waals surface area (Å²) < 4.78 is 11.3. The zero-order valence-electron chi connectivity index (χ0n) is 20.3. The number of β-amino-alcohol motifs (C(OH)–C–C–N with tert-alkyl or cyclic N) is 1. The molecule has 8 heteroatoms. The van der Waals surface area contributed by atoms with Crippen LogP contribution in [0.1, 0.15) is 35.5 Å². The highest BCUT2D eigenvalue weighted by Crippen LogP contribution is 2.29. The van der Waals surface area contributed by atoms with Gasteiger partial charge in [0.25, 0.3) is 11.8 Å². The van der Waals surface area contributed by atoms with E-state index in [1.165, 1.54) is 19.9 Å². The molecule has 186 valence electrons. The normalized spacial score (nSPS) is 15.6. The minimum Gasteiger partial charge on any atom is -0.457 e. The van der Waals surface area contributed by atoms with Crippen molar-refractivity contribution in [1.29, 1.82) is 5.26 Å². The fraction of sp³-hybridized carbons (Fsp3) is 0.172. The molecule has 1 atom stereocenters. The van der Waals surface area contributed by atoms with Crippen LogP contribution in [0.15, 0.2) is 87.9 Å². The molecule has 4 rings (SSSR count). The van der Waals surface area contributed by atoms with E-state index in [9.17, 15) is 24.8 Å². The molecule has 37 heavy (non-hydrogen) atoms. The molecule has 0 bridgehead atoms. The highest BCUT2D eigenvalue weighted by atomic mass is 16.5. The lowest BCUT2D eigenvalue weighted by Crippen LogP contribution is -2.45.